The van der Waals surface area contributed by atoms with Crippen LogP contribution in [0.1, 0.15) is 109 Å². The Hall–Kier alpha value is -3.69. The number of ether oxygens (including phenoxy) is 4. The number of rotatable bonds is 11. The number of aliphatic carboxylic acids is 1. The van der Waals surface area contributed by atoms with Crippen LogP contribution in [0.2, 0.25) is 0 Å². The van der Waals surface area contributed by atoms with E-state index in [2.05, 4.69) is 19.9 Å². The normalized spacial score (nSPS) is 31.4. The minimum Gasteiger partial charge on any atom is -0.506 e. The summed E-state index contributed by atoms with van der Waals surface area (Å²) in [6, 6.07) is 0. The SMILES string of the molecule is CO[C@@H]1C2C(=O)c3c(O)c4c(c(CC=C(C)C)c3O[C@@]23[C@H](C)C[C@@H]1C(=O)[C@]3(C/C=C(/C)C(=O)O)OC(C)C)OC(C)(CCC=C(C)C)C=C4. The number of phenols is 1. The van der Waals surface area contributed by atoms with Crippen LogP contribution in [0.15, 0.2) is 41.0 Å². The molecule has 2 heterocycles. The predicted octanol–water partition coefficient (Wildman–Crippen LogP) is 7.58. The first kappa shape index (κ1) is 36.6. The summed E-state index contributed by atoms with van der Waals surface area (Å²) in [6.45, 7) is 17.1. The lowest BCUT2D eigenvalue weighted by atomic mass is 9.45. The summed E-state index contributed by atoms with van der Waals surface area (Å²) in [6.07, 6.45) is 10.2. The van der Waals surface area contributed by atoms with E-state index in [0.717, 1.165) is 12.0 Å². The number of carboxylic acids is 1. The van der Waals surface area contributed by atoms with Gasteiger partial charge in [0.25, 0.3) is 0 Å². The van der Waals surface area contributed by atoms with Crippen molar-refractivity contribution in [2.24, 2.45) is 17.8 Å². The molecule has 3 aliphatic carbocycles. The van der Waals surface area contributed by atoms with E-state index in [1.165, 1.54) is 25.7 Å². The van der Waals surface area contributed by atoms with Gasteiger partial charge in [-0.25, -0.2) is 4.79 Å². The molecule has 1 aromatic rings. The zero-order valence-electron chi connectivity index (χ0n) is 30.6. The van der Waals surface area contributed by atoms with Gasteiger partial charge in [-0.3, -0.25) is 9.59 Å². The van der Waals surface area contributed by atoms with Gasteiger partial charge in [0.2, 0.25) is 0 Å². The largest absolute Gasteiger partial charge is 0.506 e. The van der Waals surface area contributed by atoms with Crippen molar-refractivity contribution in [3.05, 3.63) is 57.7 Å². The number of carboxylic acid groups (broad SMARTS) is 1. The minimum absolute atomic E-state index is 0.0397. The van der Waals surface area contributed by atoms with Gasteiger partial charge in [-0.2, -0.15) is 0 Å². The van der Waals surface area contributed by atoms with Gasteiger partial charge >= 0.3 is 5.97 Å². The molecule has 49 heavy (non-hydrogen) atoms. The molecule has 2 unspecified atom stereocenters. The maximum atomic E-state index is 15.1. The molecular formula is C40H52O9. The van der Waals surface area contributed by atoms with Crippen LogP contribution in [0.5, 0.6) is 17.2 Å². The Kier molecular flexibility index (Phi) is 9.87. The van der Waals surface area contributed by atoms with Crippen molar-refractivity contribution >= 4 is 23.6 Å². The summed E-state index contributed by atoms with van der Waals surface area (Å²) >= 11 is 0. The van der Waals surface area contributed by atoms with Crippen LogP contribution in [0.25, 0.3) is 6.08 Å². The number of hydrogen-bond acceptors (Lipinski definition) is 8. The van der Waals surface area contributed by atoms with Crippen LogP contribution < -0.4 is 9.47 Å². The molecule has 3 fully saturated rings. The molecule has 2 bridgehead atoms. The van der Waals surface area contributed by atoms with E-state index in [0.29, 0.717) is 36.1 Å². The summed E-state index contributed by atoms with van der Waals surface area (Å²) in [5.41, 5.74) is -0.648. The fourth-order valence-corrected chi connectivity index (χ4v) is 8.51. The highest BCUT2D eigenvalue weighted by atomic mass is 16.6. The quantitative estimate of drug-likeness (QED) is 0.180. The molecule has 266 valence electrons. The molecule has 3 saturated carbocycles. The number of methoxy groups -OCH3 is 1. The Morgan fingerprint density at radius 1 is 1.06 bits per heavy atom. The Balaban J connectivity index is 1.81. The molecule has 0 aromatic heterocycles. The van der Waals surface area contributed by atoms with Crippen molar-refractivity contribution in [1.29, 1.82) is 0 Å². The number of ketones is 2. The van der Waals surface area contributed by atoms with Gasteiger partial charge in [0.05, 0.1) is 23.7 Å². The summed E-state index contributed by atoms with van der Waals surface area (Å²) < 4.78 is 26.7. The molecule has 6 rings (SSSR count). The third kappa shape index (κ3) is 5.86. The lowest BCUT2D eigenvalue weighted by molar-refractivity contribution is -0.275. The number of fused-ring (bicyclic) bond motifs is 4. The van der Waals surface area contributed by atoms with Gasteiger partial charge < -0.3 is 29.2 Å². The lowest BCUT2D eigenvalue weighted by Crippen LogP contribution is -2.83. The Bertz CT molecular complexity index is 1670. The van der Waals surface area contributed by atoms with E-state index < -0.39 is 52.6 Å². The summed E-state index contributed by atoms with van der Waals surface area (Å²) in [4.78, 5) is 41.8. The van der Waals surface area contributed by atoms with Crippen LogP contribution >= 0.6 is 0 Å². The first-order valence-electron chi connectivity index (χ1n) is 17.4. The number of allylic oxidation sites excluding steroid dienone is 4. The molecule has 9 nitrogen and oxygen atoms in total. The number of benzene rings is 1. The number of Topliss-reactive ketones (excluding diaryl/α,β-unsaturated/α-hetero) is 2. The van der Waals surface area contributed by atoms with Gasteiger partial charge in [0, 0.05) is 36.5 Å². The van der Waals surface area contributed by atoms with E-state index in [1.807, 2.05) is 59.8 Å². The molecule has 0 amide bonds. The molecular weight excluding hydrogens is 624 g/mol. The number of carbonyl (C=O) groups excluding carboxylic acids is 2. The smallest absolute Gasteiger partial charge is 0.330 e. The third-order valence-electron chi connectivity index (χ3n) is 10.8. The van der Waals surface area contributed by atoms with Crippen LogP contribution in [0, 0.1) is 17.8 Å². The average Bonchev–Trinajstić information content (AvgIpc) is 3.01. The zero-order valence-corrected chi connectivity index (χ0v) is 30.6. The topological polar surface area (TPSA) is 129 Å². The first-order valence-corrected chi connectivity index (χ1v) is 17.4. The third-order valence-corrected chi connectivity index (χ3v) is 10.8. The molecule has 1 aromatic carbocycles. The highest BCUT2D eigenvalue weighted by Gasteiger charge is 2.79. The molecule has 2 aliphatic heterocycles. The van der Waals surface area contributed by atoms with Crippen molar-refractivity contribution in [2.45, 2.75) is 123 Å². The average molecular weight is 677 g/mol. The predicted molar refractivity (Wildman–Crippen MR) is 187 cm³/mol. The highest BCUT2D eigenvalue weighted by molar-refractivity contribution is 6.10. The van der Waals surface area contributed by atoms with Gasteiger partial charge in [-0.05, 0) is 93.2 Å². The molecule has 9 heteroatoms. The molecule has 1 spiro atoms. The fourth-order valence-electron chi connectivity index (χ4n) is 8.51. The monoisotopic (exact) mass is 676 g/mol. The molecule has 0 radical (unpaired) electrons. The van der Waals surface area contributed by atoms with Crippen LogP contribution in [-0.4, -0.2) is 63.9 Å². The number of phenolic OH excluding ortho intramolecular Hbond substituents is 1. The Labute approximate surface area is 290 Å². The van der Waals surface area contributed by atoms with Crippen LogP contribution in [-0.2, 0) is 25.5 Å². The molecule has 2 N–H and O–H groups in total. The second-order valence-corrected chi connectivity index (χ2v) is 15.3. The highest BCUT2D eigenvalue weighted by Crippen LogP contribution is 2.65. The summed E-state index contributed by atoms with van der Waals surface area (Å²) in [5, 5.41) is 21.7. The first-order chi connectivity index (χ1) is 22.9. The fraction of sp³-hybridized carbons (Fsp3) is 0.575. The maximum absolute atomic E-state index is 15.1. The Morgan fingerprint density at radius 2 is 1.73 bits per heavy atom. The standard InChI is InChI=1S/C40H52O9/c1-21(2)12-11-17-38(9)18-16-26-31(41)29-32(42)30-35(46-10)28-20-25(8)40(30,49-34(29)27(33(26)48-38)14-13-22(3)4)39(36(28)43,47-23(5)6)19-15-24(7)37(44)45/h12-13,15-16,18,23,25,28,30,35,41H,11,14,17,19-20H2,1-10H3,(H,44,45)/b24-15-/t25-,28+,30?,35+,38?,39+,40+/m1/s1. The number of hydrogen-bond donors (Lipinski definition) is 2. The van der Waals surface area contributed by atoms with E-state index in [9.17, 15) is 19.8 Å². The number of carbonyl (C=O) groups is 3. The van der Waals surface area contributed by atoms with Crippen LogP contribution in [0.4, 0.5) is 0 Å². The molecule has 0 saturated heterocycles. The lowest BCUT2D eigenvalue weighted by Gasteiger charge is -2.66. The van der Waals surface area contributed by atoms with E-state index in [1.54, 1.807) is 0 Å². The van der Waals surface area contributed by atoms with Crippen LogP contribution in [0.3, 0.4) is 0 Å². The van der Waals surface area contributed by atoms with Crippen molar-refractivity contribution in [3.63, 3.8) is 0 Å². The molecule has 7 atom stereocenters. The second kappa shape index (κ2) is 13.2. The zero-order chi connectivity index (χ0) is 36.2. The van der Waals surface area contributed by atoms with Crippen molar-refractivity contribution in [3.8, 4) is 17.2 Å². The van der Waals surface area contributed by atoms with Crippen molar-refractivity contribution in [1.82, 2.24) is 0 Å². The second-order valence-electron chi connectivity index (χ2n) is 15.3. The van der Waals surface area contributed by atoms with Crippen molar-refractivity contribution in [2.75, 3.05) is 7.11 Å². The maximum Gasteiger partial charge on any atom is 0.330 e. The van der Waals surface area contributed by atoms with Gasteiger partial charge in [-0.1, -0.05) is 36.3 Å². The van der Waals surface area contributed by atoms with Gasteiger partial charge in [0.1, 0.15) is 28.4 Å². The Morgan fingerprint density at radius 3 is 2.33 bits per heavy atom. The van der Waals surface area contributed by atoms with Gasteiger partial charge in [-0.15, -0.1) is 0 Å². The minimum atomic E-state index is -1.72. The number of aromatic hydroxyl groups is 1. The van der Waals surface area contributed by atoms with Crippen molar-refractivity contribution < 1.29 is 43.5 Å². The molecule has 5 aliphatic rings. The van der Waals surface area contributed by atoms with E-state index >= 15 is 4.79 Å². The summed E-state index contributed by atoms with van der Waals surface area (Å²) in [7, 11) is 1.48. The van der Waals surface area contributed by atoms with E-state index in [4.69, 9.17) is 18.9 Å². The van der Waals surface area contributed by atoms with Gasteiger partial charge in [0.15, 0.2) is 22.8 Å². The van der Waals surface area contributed by atoms with E-state index in [-0.39, 0.29) is 40.8 Å². The summed E-state index contributed by atoms with van der Waals surface area (Å²) in [5.74, 6) is -3.51.